The fourth-order valence-electron chi connectivity index (χ4n) is 7.68. The Morgan fingerprint density at radius 3 is 1.37 bits per heavy atom. The van der Waals surface area contributed by atoms with Crippen molar-refractivity contribution in [1.29, 1.82) is 21.3 Å². The number of ether oxygens (including phenoxy) is 2. The third kappa shape index (κ3) is 12.6. The maximum atomic E-state index is 9.10. The smallest absolute Gasteiger partial charge is 0.144 e. The number of hydrogen-bond acceptors (Lipinski definition) is 10. The van der Waals surface area contributed by atoms with Crippen molar-refractivity contribution >= 4 is 23.0 Å². The second-order valence-corrected chi connectivity index (χ2v) is 16.7. The van der Waals surface area contributed by atoms with Gasteiger partial charge >= 0.3 is 0 Å². The number of aryl methyl sites for hydroxylation is 2. The van der Waals surface area contributed by atoms with Gasteiger partial charge in [-0.2, -0.15) is 10.5 Å². The summed E-state index contributed by atoms with van der Waals surface area (Å²) >= 11 is 0. The molecule has 2 heterocycles. The van der Waals surface area contributed by atoms with Crippen LogP contribution in [-0.2, 0) is 26.3 Å². The molecule has 8 N–H and O–H groups in total. The maximum absolute atomic E-state index is 9.10. The van der Waals surface area contributed by atoms with Gasteiger partial charge in [-0.25, -0.2) is 0 Å². The van der Waals surface area contributed by atoms with Crippen LogP contribution in [0, 0.1) is 61.2 Å². The number of amidine groups is 2. The predicted molar refractivity (Wildman–Crippen MR) is 279 cm³/mol. The summed E-state index contributed by atoms with van der Waals surface area (Å²) in [5.41, 5.74) is 27.9. The minimum absolute atomic E-state index is 0.0397. The van der Waals surface area contributed by atoms with Crippen molar-refractivity contribution < 1.29 is 9.47 Å². The van der Waals surface area contributed by atoms with E-state index in [0.717, 1.165) is 89.9 Å². The van der Waals surface area contributed by atoms with Crippen LogP contribution in [0.15, 0.2) is 158 Å². The molecule has 6 aromatic carbocycles. The van der Waals surface area contributed by atoms with Crippen LogP contribution >= 0.6 is 0 Å². The van der Waals surface area contributed by atoms with Crippen molar-refractivity contribution in [1.82, 2.24) is 9.97 Å². The van der Waals surface area contributed by atoms with E-state index < -0.39 is 0 Å². The van der Waals surface area contributed by atoms with Crippen LogP contribution in [-0.4, -0.2) is 21.6 Å². The summed E-state index contributed by atoms with van der Waals surface area (Å²) in [6, 6.07) is 50.9. The second kappa shape index (κ2) is 23.0. The van der Waals surface area contributed by atoms with Crippen LogP contribution in [0.25, 0.3) is 22.3 Å². The van der Waals surface area contributed by atoms with Gasteiger partial charge in [0.25, 0.3) is 0 Å². The van der Waals surface area contributed by atoms with Gasteiger partial charge in [-0.15, -0.1) is 0 Å². The SMILES string of the molecule is Cc1ncc(CNc2ccc(-c3ccc(C#N)cc3)cc2)c(C)c1OCc1cccc(C#N)c1.Cc1ncc(CNc2ccc(-c3ccc(C(=N)N)cc3)cc2)c(C)c1OCc1cccc(C(=N)N)c1. The number of pyridine rings is 2. The normalized spacial score (nSPS) is 10.4. The molecule has 0 radical (unpaired) electrons. The van der Waals surface area contributed by atoms with Gasteiger partial charge in [0.15, 0.2) is 0 Å². The van der Waals surface area contributed by atoms with E-state index in [9.17, 15) is 0 Å². The zero-order valence-corrected chi connectivity index (χ0v) is 39.6. The Bertz CT molecular complexity index is 3210. The van der Waals surface area contributed by atoms with Crippen molar-refractivity contribution in [3.05, 3.63) is 225 Å². The Kier molecular flexibility index (Phi) is 16.0. The maximum Gasteiger partial charge on any atom is 0.144 e. The Morgan fingerprint density at radius 1 is 0.514 bits per heavy atom. The molecule has 0 saturated heterocycles. The monoisotopic (exact) mass is 922 g/mol. The lowest BCUT2D eigenvalue weighted by molar-refractivity contribution is 0.300. The third-order valence-corrected chi connectivity index (χ3v) is 11.8. The lowest BCUT2D eigenvalue weighted by Crippen LogP contribution is -2.11. The number of nitrogens with two attached hydrogens (primary N) is 2. The molecule has 348 valence electrons. The van der Waals surface area contributed by atoms with Gasteiger partial charge in [-0.3, -0.25) is 20.8 Å². The van der Waals surface area contributed by atoms with E-state index in [1.807, 2.05) is 155 Å². The molecule has 0 aliphatic heterocycles. The lowest BCUT2D eigenvalue weighted by Gasteiger charge is -2.16. The van der Waals surface area contributed by atoms with Gasteiger partial charge < -0.3 is 31.6 Å². The van der Waals surface area contributed by atoms with Crippen molar-refractivity contribution in [2.24, 2.45) is 11.5 Å². The molecule has 2 aromatic heterocycles. The molecule has 12 nitrogen and oxygen atoms in total. The van der Waals surface area contributed by atoms with E-state index in [-0.39, 0.29) is 11.7 Å². The molecule has 0 unspecified atom stereocenters. The standard InChI is InChI=1S/C29H30N6O.C29H24N4O/c1-18-25(15-34-19(2)27(18)36-17-20-4-3-5-24(14-20)29(32)33)16-35-26-12-10-22(11-13-26)21-6-8-23(9-7-21)28(30)31;1-20-27(17-32-21(2)29(20)34-19-24-5-3-4-23(14-24)16-31)18-33-28-12-10-26(11-13-28)25-8-6-22(15-30)7-9-25/h3-15,35H,16-17H2,1-2H3,(H3,30,31)(H3,32,33);3-14,17,33H,18-19H2,1-2H3. The quantitative estimate of drug-likeness (QED) is 0.0398. The molecular weight excluding hydrogens is 869 g/mol. The summed E-state index contributed by atoms with van der Waals surface area (Å²) in [4.78, 5) is 9.07. The van der Waals surface area contributed by atoms with E-state index in [2.05, 4.69) is 57.0 Å². The molecule has 0 atom stereocenters. The molecule has 8 rings (SSSR count). The highest BCUT2D eigenvalue weighted by atomic mass is 16.5. The van der Waals surface area contributed by atoms with E-state index in [1.165, 1.54) is 0 Å². The number of nitriles is 2. The van der Waals surface area contributed by atoms with Gasteiger partial charge in [-0.05, 0) is 138 Å². The molecule has 0 aliphatic carbocycles. The van der Waals surface area contributed by atoms with Crippen LogP contribution in [0.5, 0.6) is 11.5 Å². The molecule has 8 aromatic rings. The number of anilines is 2. The van der Waals surface area contributed by atoms with Crippen LogP contribution in [0.2, 0.25) is 0 Å². The van der Waals surface area contributed by atoms with E-state index in [0.29, 0.717) is 48.6 Å². The number of nitrogens with zero attached hydrogens (tertiary/aromatic N) is 4. The lowest BCUT2D eigenvalue weighted by atomic mass is 10.0. The Balaban J connectivity index is 0.000000207. The van der Waals surface area contributed by atoms with Crippen LogP contribution in [0.4, 0.5) is 11.4 Å². The Morgan fingerprint density at radius 2 is 0.929 bits per heavy atom. The summed E-state index contributed by atoms with van der Waals surface area (Å²) in [7, 11) is 0. The first-order valence-electron chi connectivity index (χ1n) is 22.6. The molecule has 0 spiro atoms. The predicted octanol–water partition coefficient (Wildman–Crippen LogP) is 11.4. The van der Waals surface area contributed by atoms with E-state index in [1.54, 1.807) is 6.07 Å². The third-order valence-electron chi connectivity index (χ3n) is 11.8. The average molecular weight is 923 g/mol. The first-order chi connectivity index (χ1) is 33.9. The number of rotatable bonds is 16. The average Bonchev–Trinajstić information content (AvgIpc) is 3.39. The second-order valence-electron chi connectivity index (χ2n) is 16.7. The summed E-state index contributed by atoms with van der Waals surface area (Å²) in [6.07, 6.45) is 3.76. The van der Waals surface area contributed by atoms with Crippen LogP contribution in [0.3, 0.4) is 0 Å². The number of nitrogen functional groups attached to an aromatic ring is 2. The molecule has 0 saturated carbocycles. The molecule has 70 heavy (non-hydrogen) atoms. The van der Waals surface area contributed by atoms with Crippen LogP contribution < -0.4 is 31.6 Å². The van der Waals surface area contributed by atoms with Gasteiger partial charge in [0.1, 0.15) is 36.4 Å². The molecule has 0 amide bonds. The number of benzene rings is 6. The largest absolute Gasteiger partial charge is 0.487 e. The zero-order valence-electron chi connectivity index (χ0n) is 39.6. The van der Waals surface area contributed by atoms with Crippen molar-refractivity contribution in [2.45, 2.75) is 54.0 Å². The zero-order chi connectivity index (χ0) is 49.6. The van der Waals surface area contributed by atoms with E-state index in [4.69, 9.17) is 42.3 Å². The van der Waals surface area contributed by atoms with Gasteiger partial charge in [0.05, 0.1) is 34.7 Å². The van der Waals surface area contributed by atoms with Crippen molar-refractivity contribution in [3.8, 4) is 45.9 Å². The summed E-state index contributed by atoms with van der Waals surface area (Å²) in [5.74, 6) is 1.65. The molecule has 0 aliphatic rings. The van der Waals surface area contributed by atoms with E-state index >= 15 is 0 Å². The highest BCUT2D eigenvalue weighted by molar-refractivity contribution is 5.95. The van der Waals surface area contributed by atoms with Gasteiger partial charge in [-0.1, -0.05) is 91.0 Å². The summed E-state index contributed by atoms with van der Waals surface area (Å²) in [5, 5.41) is 40.1. The molecular formula is C58H54N10O2. The van der Waals surface area contributed by atoms with Crippen molar-refractivity contribution in [2.75, 3.05) is 10.6 Å². The summed E-state index contributed by atoms with van der Waals surface area (Å²) in [6.45, 7) is 9.95. The van der Waals surface area contributed by atoms with Crippen LogP contribution in [0.1, 0.15) is 67.0 Å². The highest BCUT2D eigenvalue weighted by Gasteiger charge is 2.13. The van der Waals surface area contributed by atoms with Gasteiger partial charge in [0, 0.05) is 48.0 Å². The molecule has 0 bridgehead atoms. The first-order valence-corrected chi connectivity index (χ1v) is 22.6. The molecule has 12 heteroatoms. The fraction of sp³-hybridized carbons (Fsp3) is 0.138. The minimum atomic E-state index is 0.0397. The number of aromatic nitrogens is 2. The fourth-order valence-corrected chi connectivity index (χ4v) is 7.68. The van der Waals surface area contributed by atoms with Gasteiger partial charge in [0.2, 0.25) is 0 Å². The number of hydrogen-bond donors (Lipinski definition) is 6. The summed E-state index contributed by atoms with van der Waals surface area (Å²) < 4.78 is 12.3. The first kappa shape index (κ1) is 48.7. The highest BCUT2D eigenvalue weighted by Crippen LogP contribution is 2.29. The van der Waals surface area contributed by atoms with Crippen molar-refractivity contribution in [3.63, 3.8) is 0 Å². The molecule has 0 fully saturated rings. The topological polar surface area (TPSA) is 216 Å². The minimum Gasteiger partial charge on any atom is -0.487 e. The Labute approximate surface area is 409 Å². The number of nitrogens with one attached hydrogen (secondary N) is 4. The Hall–Kier alpha value is -9.26.